The number of halogens is 1. The minimum atomic E-state index is 0.556. The Hall–Kier alpha value is -0.970. The van der Waals surface area contributed by atoms with Crippen molar-refractivity contribution in [1.82, 2.24) is 5.32 Å². The molecule has 108 valence electrons. The zero-order valence-corrected chi connectivity index (χ0v) is 12.1. The molecule has 0 radical (unpaired) electrons. The molecular formula is C14H22ClNO3. The summed E-state index contributed by atoms with van der Waals surface area (Å²) < 4.78 is 16.1. The molecular weight excluding hydrogens is 266 g/mol. The predicted octanol–water partition coefficient (Wildman–Crippen LogP) is 2.31. The Balaban J connectivity index is 2.01. The van der Waals surface area contributed by atoms with Crippen molar-refractivity contribution in [3.63, 3.8) is 0 Å². The molecule has 1 aromatic carbocycles. The van der Waals surface area contributed by atoms with E-state index >= 15 is 0 Å². The summed E-state index contributed by atoms with van der Waals surface area (Å²) in [6.45, 7) is 3.69. The zero-order valence-electron chi connectivity index (χ0n) is 11.4. The molecule has 0 aliphatic carbocycles. The van der Waals surface area contributed by atoms with Crippen molar-refractivity contribution in [2.75, 3.05) is 45.9 Å². The van der Waals surface area contributed by atoms with E-state index in [1.807, 2.05) is 24.3 Å². The van der Waals surface area contributed by atoms with Gasteiger partial charge < -0.3 is 19.5 Å². The van der Waals surface area contributed by atoms with Gasteiger partial charge in [-0.15, -0.1) is 11.6 Å². The van der Waals surface area contributed by atoms with E-state index < -0.39 is 0 Å². The number of rotatable bonds is 11. The Morgan fingerprint density at radius 1 is 1.05 bits per heavy atom. The number of hydrogen-bond acceptors (Lipinski definition) is 4. The molecule has 0 saturated carbocycles. The first-order chi connectivity index (χ1) is 9.38. The first kappa shape index (κ1) is 16.1. The van der Waals surface area contributed by atoms with Crippen molar-refractivity contribution in [2.24, 2.45) is 0 Å². The molecule has 0 saturated heterocycles. The molecule has 0 aromatic heterocycles. The van der Waals surface area contributed by atoms with Gasteiger partial charge in [0.15, 0.2) is 11.5 Å². The van der Waals surface area contributed by atoms with Crippen molar-refractivity contribution < 1.29 is 14.2 Å². The van der Waals surface area contributed by atoms with Crippen LogP contribution in [0.25, 0.3) is 0 Å². The van der Waals surface area contributed by atoms with Gasteiger partial charge in [0, 0.05) is 19.0 Å². The lowest BCUT2D eigenvalue weighted by molar-refractivity contribution is 0.146. The van der Waals surface area contributed by atoms with Crippen molar-refractivity contribution in [2.45, 2.75) is 6.42 Å². The van der Waals surface area contributed by atoms with Crippen molar-refractivity contribution in [1.29, 1.82) is 0 Å². The SMILES string of the molecule is COc1ccccc1OCCNCCCOCCCl. The second-order valence-electron chi connectivity index (χ2n) is 3.90. The maximum Gasteiger partial charge on any atom is 0.161 e. The van der Waals surface area contributed by atoms with Crippen molar-refractivity contribution in [3.8, 4) is 11.5 Å². The van der Waals surface area contributed by atoms with Crippen molar-refractivity contribution >= 4 is 11.6 Å². The van der Waals surface area contributed by atoms with Gasteiger partial charge in [-0.05, 0) is 25.1 Å². The first-order valence-corrected chi connectivity index (χ1v) is 7.02. The van der Waals surface area contributed by atoms with E-state index in [4.69, 9.17) is 25.8 Å². The zero-order chi connectivity index (χ0) is 13.8. The van der Waals surface area contributed by atoms with E-state index in [2.05, 4.69) is 5.32 Å². The van der Waals surface area contributed by atoms with Crippen LogP contribution in [0.3, 0.4) is 0 Å². The van der Waals surface area contributed by atoms with Crippen LogP contribution in [0.5, 0.6) is 11.5 Å². The minimum absolute atomic E-state index is 0.556. The summed E-state index contributed by atoms with van der Waals surface area (Å²) in [6.07, 6.45) is 0.978. The largest absolute Gasteiger partial charge is 0.493 e. The Bertz CT molecular complexity index is 336. The Morgan fingerprint density at radius 2 is 1.84 bits per heavy atom. The fraction of sp³-hybridized carbons (Fsp3) is 0.571. The lowest BCUT2D eigenvalue weighted by Crippen LogP contribution is -2.23. The van der Waals surface area contributed by atoms with Gasteiger partial charge >= 0.3 is 0 Å². The van der Waals surface area contributed by atoms with Gasteiger partial charge in [-0.25, -0.2) is 0 Å². The molecule has 0 aliphatic heterocycles. The number of nitrogens with one attached hydrogen (secondary N) is 1. The molecule has 0 aliphatic rings. The third kappa shape index (κ3) is 7.25. The highest BCUT2D eigenvalue weighted by Crippen LogP contribution is 2.25. The summed E-state index contributed by atoms with van der Waals surface area (Å²) in [6, 6.07) is 7.64. The van der Waals surface area contributed by atoms with Crippen LogP contribution in [0.1, 0.15) is 6.42 Å². The molecule has 0 unspecified atom stereocenters. The van der Waals surface area contributed by atoms with Gasteiger partial charge in [0.05, 0.1) is 13.7 Å². The fourth-order valence-corrected chi connectivity index (χ4v) is 1.66. The number of benzene rings is 1. The molecule has 19 heavy (non-hydrogen) atoms. The molecule has 1 rings (SSSR count). The normalized spacial score (nSPS) is 10.4. The molecule has 0 amide bonds. The van der Waals surface area contributed by atoms with E-state index in [0.29, 0.717) is 19.1 Å². The van der Waals surface area contributed by atoms with Gasteiger partial charge in [0.2, 0.25) is 0 Å². The molecule has 0 spiro atoms. The maximum atomic E-state index is 5.64. The number of hydrogen-bond donors (Lipinski definition) is 1. The van der Waals surface area contributed by atoms with Crippen molar-refractivity contribution in [3.05, 3.63) is 24.3 Å². The standard InChI is InChI=1S/C14H22ClNO3/c1-17-13-5-2-3-6-14(13)19-12-9-16-8-4-10-18-11-7-15/h2-3,5-6,16H,4,7-12H2,1H3. The third-order valence-electron chi connectivity index (χ3n) is 2.47. The molecule has 4 nitrogen and oxygen atoms in total. The number of para-hydroxylation sites is 2. The van der Waals surface area contributed by atoms with Crippen LogP contribution in [0.2, 0.25) is 0 Å². The number of ether oxygens (including phenoxy) is 3. The average molecular weight is 288 g/mol. The van der Waals surface area contributed by atoms with Gasteiger partial charge in [0.1, 0.15) is 6.61 Å². The molecule has 0 fully saturated rings. The maximum absolute atomic E-state index is 5.64. The summed E-state index contributed by atoms with van der Waals surface area (Å²) >= 11 is 5.50. The van der Waals surface area contributed by atoms with E-state index in [1.165, 1.54) is 0 Å². The van der Waals surface area contributed by atoms with Crippen LogP contribution in [0.4, 0.5) is 0 Å². The lowest BCUT2D eigenvalue weighted by Gasteiger charge is -2.10. The van der Waals surface area contributed by atoms with Crippen LogP contribution in [-0.2, 0) is 4.74 Å². The summed E-state index contributed by atoms with van der Waals surface area (Å²) in [4.78, 5) is 0. The second kappa shape index (κ2) is 10.9. The van der Waals surface area contributed by atoms with Gasteiger partial charge in [0.25, 0.3) is 0 Å². The van der Waals surface area contributed by atoms with Crippen LogP contribution >= 0.6 is 11.6 Å². The molecule has 1 aromatic rings. The summed E-state index contributed by atoms with van der Waals surface area (Å²) in [5.74, 6) is 2.09. The summed E-state index contributed by atoms with van der Waals surface area (Å²) in [5, 5.41) is 3.29. The van der Waals surface area contributed by atoms with Gasteiger partial charge in [-0.1, -0.05) is 12.1 Å². The molecule has 5 heteroatoms. The van der Waals surface area contributed by atoms with Crippen LogP contribution in [0.15, 0.2) is 24.3 Å². The highest BCUT2D eigenvalue weighted by Gasteiger charge is 2.01. The summed E-state index contributed by atoms with van der Waals surface area (Å²) in [7, 11) is 1.64. The molecule has 1 N–H and O–H groups in total. The van der Waals surface area contributed by atoms with Crippen LogP contribution in [0, 0.1) is 0 Å². The van der Waals surface area contributed by atoms with E-state index in [-0.39, 0.29) is 0 Å². The smallest absolute Gasteiger partial charge is 0.161 e. The molecule has 0 bridgehead atoms. The minimum Gasteiger partial charge on any atom is -0.493 e. The van der Waals surface area contributed by atoms with E-state index in [0.717, 1.165) is 37.6 Å². The van der Waals surface area contributed by atoms with E-state index in [9.17, 15) is 0 Å². The summed E-state index contributed by atoms with van der Waals surface area (Å²) in [5.41, 5.74) is 0. The Kier molecular flexibility index (Phi) is 9.23. The van der Waals surface area contributed by atoms with E-state index in [1.54, 1.807) is 7.11 Å². The predicted molar refractivity (Wildman–Crippen MR) is 77.5 cm³/mol. The monoisotopic (exact) mass is 287 g/mol. The van der Waals surface area contributed by atoms with Crippen LogP contribution < -0.4 is 14.8 Å². The molecule has 0 atom stereocenters. The molecule has 0 heterocycles. The first-order valence-electron chi connectivity index (χ1n) is 6.48. The Morgan fingerprint density at radius 3 is 2.58 bits per heavy atom. The fourth-order valence-electron chi connectivity index (χ4n) is 1.55. The average Bonchev–Trinajstić information content (AvgIpc) is 2.46. The topological polar surface area (TPSA) is 39.7 Å². The Labute approximate surface area is 120 Å². The quantitative estimate of drug-likeness (QED) is 0.501. The lowest BCUT2D eigenvalue weighted by atomic mass is 10.3. The third-order valence-corrected chi connectivity index (χ3v) is 2.62. The number of alkyl halides is 1. The van der Waals surface area contributed by atoms with Crippen LogP contribution in [-0.4, -0.2) is 45.9 Å². The number of methoxy groups -OCH3 is 1. The second-order valence-corrected chi connectivity index (χ2v) is 4.28. The highest BCUT2D eigenvalue weighted by molar-refractivity contribution is 6.17. The van der Waals surface area contributed by atoms with Gasteiger partial charge in [-0.2, -0.15) is 0 Å². The highest BCUT2D eigenvalue weighted by atomic mass is 35.5. The van der Waals surface area contributed by atoms with Gasteiger partial charge in [-0.3, -0.25) is 0 Å².